The third kappa shape index (κ3) is 3.49. The van der Waals surface area contributed by atoms with Crippen LogP contribution in [0.2, 0.25) is 0 Å². The molecular formula is C15H23N3. The second-order valence-electron chi connectivity index (χ2n) is 5.00. The Morgan fingerprint density at radius 2 is 1.89 bits per heavy atom. The lowest BCUT2D eigenvalue weighted by molar-refractivity contribution is 0.487. The van der Waals surface area contributed by atoms with Crippen LogP contribution in [-0.4, -0.2) is 30.5 Å². The summed E-state index contributed by atoms with van der Waals surface area (Å²) in [6.07, 6.45) is 4.57. The molecule has 2 N–H and O–H groups in total. The maximum Gasteiger partial charge on any atom is 0.191 e. The fourth-order valence-corrected chi connectivity index (χ4v) is 2.00. The summed E-state index contributed by atoms with van der Waals surface area (Å²) in [5.74, 6) is 0.683. The molecule has 0 radical (unpaired) electrons. The van der Waals surface area contributed by atoms with E-state index < -0.39 is 0 Å². The Kier molecular flexibility index (Phi) is 4.24. The number of nitrogens with two attached hydrogens (primary N) is 1. The van der Waals surface area contributed by atoms with Gasteiger partial charge in [-0.25, -0.2) is 0 Å². The summed E-state index contributed by atoms with van der Waals surface area (Å²) >= 11 is 0. The van der Waals surface area contributed by atoms with Crippen molar-refractivity contribution < 1.29 is 0 Å². The van der Waals surface area contributed by atoms with Gasteiger partial charge < -0.3 is 10.6 Å². The van der Waals surface area contributed by atoms with Crippen LogP contribution in [0.1, 0.15) is 30.9 Å². The number of aryl methyl sites for hydroxylation is 1. The zero-order valence-electron chi connectivity index (χ0n) is 11.4. The molecule has 1 aromatic carbocycles. The molecule has 0 atom stereocenters. The highest BCUT2D eigenvalue weighted by Gasteiger charge is 2.27. The minimum atomic E-state index is 0.637. The van der Waals surface area contributed by atoms with Gasteiger partial charge >= 0.3 is 0 Å². The zero-order valence-corrected chi connectivity index (χ0v) is 11.4. The molecule has 0 amide bonds. The molecule has 0 unspecified atom stereocenters. The van der Waals surface area contributed by atoms with Crippen molar-refractivity contribution in [2.24, 2.45) is 10.7 Å². The van der Waals surface area contributed by atoms with Crippen LogP contribution in [0.15, 0.2) is 29.3 Å². The van der Waals surface area contributed by atoms with E-state index in [0.29, 0.717) is 12.0 Å². The van der Waals surface area contributed by atoms with E-state index in [0.717, 1.165) is 19.4 Å². The van der Waals surface area contributed by atoms with Gasteiger partial charge in [0.05, 0.1) is 0 Å². The van der Waals surface area contributed by atoms with Gasteiger partial charge in [-0.3, -0.25) is 4.99 Å². The van der Waals surface area contributed by atoms with E-state index in [1.165, 1.54) is 24.0 Å². The largest absolute Gasteiger partial charge is 0.370 e. The second kappa shape index (κ2) is 5.89. The van der Waals surface area contributed by atoms with Crippen LogP contribution in [0.25, 0.3) is 0 Å². The second-order valence-corrected chi connectivity index (χ2v) is 5.00. The highest BCUT2D eigenvalue weighted by atomic mass is 15.3. The fraction of sp³-hybridized carbons (Fsp3) is 0.533. The van der Waals surface area contributed by atoms with Crippen LogP contribution in [0.4, 0.5) is 0 Å². The molecular weight excluding hydrogens is 222 g/mol. The van der Waals surface area contributed by atoms with Gasteiger partial charge in [-0.05, 0) is 36.8 Å². The minimum absolute atomic E-state index is 0.637. The summed E-state index contributed by atoms with van der Waals surface area (Å²) in [6, 6.07) is 9.40. The van der Waals surface area contributed by atoms with Crippen LogP contribution < -0.4 is 5.73 Å². The van der Waals surface area contributed by atoms with Crippen molar-refractivity contribution in [3.05, 3.63) is 35.4 Å². The fourth-order valence-electron chi connectivity index (χ4n) is 2.00. The minimum Gasteiger partial charge on any atom is -0.370 e. The first-order valence-electron chi connectivity index (χ1n) is 6.81. The van der Waals surface area contributed by atoms with E-state index in [1.807, 2.05) is 7.05 Å². The summed E-state index contributed by atoms with van der Waals surface area (Å²) in [4.78, 5) is 6.54. The molecule has 1 aliphatic rings. The van der Waals surface area contributed by atoms with Crippen molar-refractivity contribution in [1.29, 1.82) is 0 Å². The third-order valence-electron chi connectivity index (χ3n) is 3.56. The lowest BCUT2D eigenvalue weighted by Gasteiger charge is -2.16. The van der Waals surface area contributed by atoms with Gasteiger partial charge in [-0.15, -0.1) is 0 Å². The van der Waals surface area contributed by atoms with Crippen molar-refractivity contribution in [3.63, 3.8) is 0 Å². The molecule has 98 valence electrons. The van der Waals surface area contributed by atoms with Gasteiger partial charge in [-0.1, -0.05) is 31.2 Å². The number of nitrogens with zero attached hydrogens (tertiary/aromatic N) is 2. The van der Waals surface area contributed by atoms with Gasteiger partial charge in [0.2, 0.25) is 0 Å². The van der Waals surface area contributed by atoms with Crippen LogP contribution >= 0.6 is 0 Å². The smallest absolute Gasteiger partial charge is 0.191 e. The first-order valence-corrected chi connectivity index (χ1v) is 6.81. The van der Waals surface area contributed by atoms with E-state index in [2.05, 4.69) is 41.1 Å². The summed E-state index contributed by atoms with van der Waals surface area (Å²) < 4.78 is 0. The molecule has 2 rings (SSSR count). The predicted molar refractivity (Wildman–Crippen MR) is 76.8 cm³/mol. The Morgan fingerprint density at radius 1 is 1.28 bits per heavy atom. The third-order valence-corrected chi connectivity index (χ3v) is 3.56. The summed E-state index contributed by atoms with van der Waals surface area (Å²) in [7, 11) is 2.03. The van der Waals surface area contributed by atoms with Gasteiger partial charge in [-0.2, -0.15) is 0 Å². The number of rotatable bonds is 5. The number of aliphatic imine (C=N–C) groups is 1. The van der Waals surface area contributed by atoms with Gasteiger partial charge in [0.25, 0.3) is 0 Å². The van der Waals surface area contributed by atoms with E-state index in [-0.39, 0.29) is 0 Å². The van der Waals surface area contributed by atoms with Crippen LogP contribution in [0.3, 0.4) is 0 Å². The molecule has 0 heterocycles. The molecule has 0 aliphatic heterocycles. The maximum atomic E-state index is 5.94. The number of hydrogen-bond donors (Lipinski definition) is 1. The lowest BCUT2D eigenvalue weighted by atomic mass is 10.1. The van der Waals surface area contributed by atoms with Gasteiger partial charge in [0.15, 0.2) is 5.96 Å². The van der Waals surface area contributed by atoms with E-state index in [9.17, 15) is 0 Å². The number of guanidine groups is 1. The first-order chi connectivity index (χ1) is 8.70. The lowest BCUT2D eigenvalue weighted by Crippen LogP contribution is -2.35. The van der Waals surface area contributed by atoms with Crippen LogP contribution in [0, 0.1) is 0 Å². The van der Waals surface area contributed by atoms with E-state index in [4.69, 9.17) is 5.73 Å². The molecule has 3 heteroatoms. The summed E-state index contributed by atoms with van der Waals surface area (Å²) in [5.41, 5.74) is 8.66. The Bertz CT molecular complexity index is 404. The molecule has 18 heavy (non-hydrogen) atoms. The predicted octanol–water partition coefficient (Wildman–Crippen LogP) is 2.20. The highest BCUT2D eigenvalue weighted by Crippen LogP contribution is 2.24. The molecule has 1 saturated carbocycles. The molecule has 0 spiro atoms. The molecule has 1 aromatic rings. The van der Waals surface area contributed by atoms with E-state index in [1.54, 1.807) is 0 Å². The standard InChI is InChI=1S/C15H23N3/c1-3-12-4-6-13(7-5-12)10-11-17-15(16)18(2)14-8-9-14/h4-7,14H,3,8-11H2,1-2H3,(H2,16,17). The van der Waals surface area contributed by atoms with Crippen molar-refractivity contribution in [2.75, 3.05) is 13.6 Å². The van der Waals surface area contributed by atoms with Crippen molar-refractivity contribution >= 4 is 5.96 Å². The van der Waals surface area contributed by atoms with Crippen molar-refractivity contribution in [2.45, 2.75) is 38.6 Å². The Hall–Kier alpha value is -1.51. The van der Waals surface area contributed by atoms with Crippen molar-refractivity contribution in [1.82, 2.24) is 4.90 Å². The Morgan fingerprint density at radius 3 is 2.44 bits per heavy atom. The van der Waals surface area contributed by atoms with Gasteiger partial charge in [0, 0.05) is 19.6 Å². The number of benzene rings is 1. The summed E-state index contributed by atoms with van der Waals surface area (Å²) in [6.45, 7) is 2.95. The van der Waals surface area contributed by atoms with Crippen molar-refractivity contribution in [3.8, 4) is 0 Å². The zero-order chi connectivity index (χ0) is 13.0. The number of hydrogen-bond acceptors (Lipinski definition) is 1. The average molecular weight is 245 g/mol. The Balaban J connectivity index is 1.81. The first kappa shape index (κ1) is 12.9. The SMILES string of the molecule is CCc1ccc(CCN=C(N)N(C)C2CC2)cc1. The Labute approximate surface area is 110 Å². The topological polar surface area (TPSA) is 41.6 Å². The molecule has 0 bridgehead atoms. The molecule has 0 aromatic heterocycles. The van der Waals surface area contributed by atoms with E-state index >= 15 is 0 Å². The van der Waals surface area contributed by atoms with Gasteiger partial charge in [0.1, 0.15) is 0 Å². The van der Waals surface area contributed by atoms with Crippen LogP contribution in [0.5, 0.6) is 0 Å². The molecule has 0 saturated heterocycles. The quantitative estimate of drug-likeness (QED) is 0.638. The monoisotopic (exact) mass is 245 g/mol. The molecule has 1 aliphatic carbocycles. The highest BCUT2D eigenvalue weighted by molar-refractivity contribution is 5.78. The molecule has 3 nitrogen and oxygen atoms in total. The summed E-state index contributed by atoms with van der Waals surface area (Å²) in [5, 5.41) is 0. The molecule has 1 fully saturated rings. The average Bonchev–Trinajstić information content (AvgIpc) is 3.23. The maximum absolute atomic E-state index is 5.94. The van der Waals surface area contributed by atoms with Crippen LogP contribution in [-0.2, 0) is 12.8 Å². The normalized spacial score (nSPS) is 15.8.